The summed E-state index contributed by atoms with van der Waals surface area (Å²) in [6, 6.07) is 17.4. The van der Waals surface area contributed by atoms with Crippen molar-refractivity contribution in [1.82, 2.24) is 20.1 Å². The van der Waals surface area contributed by atoms with E-state index in [1.807, 2.05) is 26.1 Å². The zero-order valence-electron chi connectivity index (χ0n) is 23.7. The molecule has 1 atom stereocenters. The maximum Gasteiger partial charge on any atom is 0.319 e. The molecule has 9 nitrogen and oxygen atoms in total. The number of nitrogens with one attached hydrogen (secondary N) is 2. The summed E-state index contributed by atoms with van der Waals surface area (Å²) in [6.45, 7) is 6.87. The van der Waals surface area contributed by atoms with Gasteiger partial charge in [-0.3, -0.25) is 14.7 Å². The Bertz CT molecular complexity index is 1270. The molecule has 0 fully saturated rings. The molecule has 40 heavy (non-hydrogen) atoms. The number of hydrogen-bond donors (Lipinski definition) is 2. The third kappa shape index (κ3) is 8.03. The van der Waals surface area contributed by atoms with Crippen molar-refractivity contribution >= 4 is 17.6 Å². The fraction of sp³-hybridized carbons (Fsp3) is 0.387. The van der Waals surface area contributed by atoms with Crippen LogP contribution in [0, 0.1) is 0 Å². The summed E-state index contributed by atoms with van der Waals surface area (Å²) in [4.78, 5) is 33.9. The van der Waals surface area contributed by atoms with E-state index in [4.69, 9.17) is 9.47 Å². The normalized spacial score (nSPS) is 16.9. The summed E-state index contributed by atoms with van der Waals surface area (Å²) in [7, 11) is 3.44. The Kier molecular flexibility index (Phi) is 10.1. The maximum atomic E-state index is 13.4. The number of likely N-dealkylation sites (N-methyl/N-ethyl adjacent to an activating group) is 1. The number of urea groups is 1. The number of pyridine rings is 1. The maximum absolute atomic E-state index is 13.4. The minimum atomic E-state index is -0.326. The number of nitrogens with zero attached hydrogens (tertiary/aromatic N) is 3. The van der Waals surface area contributed by atoms with Gasteiger partial charge in [0.25, 0.3) is 5.91 Å². The number of ether oxygens (including phenoxy) is 2. The van der Waals surface area contributed by atoms with Gasteiger partial charge in [-0.25, -0.2) is 4.79 Å². The Hall–Kier alpha value is -3.95. The van der Waals surface area contributed by atoms with Crippen molar-refractivity contribution in [1.29, 1.82) is 0 Å². The molecule has 9 heteroatoms. The van der Waals surface area contributed by atoms with Crippen LogP contribution in [0.4, 0.5) is 10.5 Å². The zero-order chi connectivity index (χ0) is 28.5. The van der Waals surface area contributed by atoms with E-state index in [-0.39, 0.29) is 24.1 Å². The molecule has 0 aliphatic carbocycles. The summed E-state index contributed by atoms with van der Waals surface area (Å²) in [6.07, 6.45) is 4.29. The van der Waals surface area contributed by atoms with E-state index >= 15 is 0 Å². The molecule has 3 aromatic rings. The van der Waals surface area contributed by atoms with E-state index < -0.39 is 0 Å². The van der Waals surface area contributed by atoms with Crippen molar-refractivity contribution < 1.29 is 19.1 Å². The molecule has 212 valence electrons. The number of aromatic nitrogens is 1. The lowest BCUT2D eigenvalue weighted by Gasteiger charge is -2.29. The highest BCUT2D eigenvalue weighted by Gasteiger charge is 2.23. The molecule has 1 aliphatic heterocycles. The molecule has 2 N–H and O–H groups in total. The highest BCUT2D eigenvalue weighted by molar-refractivity contribution is 5.99. The number of methoxy groups -OCH3 is 1. The van der Waals surface area contributed by atoms with Crippen molar-refractivity contribution in [3.05, 3.63) is 78.1 Å². The molecule has 0 saturated carbocycles. The summed E-state index contributed by atoms with van der Waals surface area (Å²) in [5.41, 5.74) is 4.35. The zero-order valence-corrected chi connectivity index (χ0v) is 23.7. The summed E-state index contributed by atoms with van der Waals surface area (Å²) < 4.78 is 11.9. The Morgan fingerprint density at radius 3 is 2.62 bits per heavy atom. The van der Waals surface area contributed by atoms with E-state index in [0.717, 1.165) is 30.6 Å². The highest BCUT2D eigenvalue weighted by atomic mass is 16.5. The molecule has 1 aliphatic rings. The van der Waals surface area contributed by atoms with Crippen molar-refractivity contribution in [3.63, 3.8) is 0 Å². The van der Waals surface area contributed by atoms with Crippen LogP contribution in [0.5, 0.6) is 5.75 Å². The van der Waals surface area contributed by atoms with E-state index in [9.17, 15) is 9.59 Å². The van der Waals surface area contributed by atoms with Gasteiger partial charge in [0.05, 0.1) is 11.7 Å². The van der Waals surface area contributed by atoms with Crippen molar-refractivity contribution in [2.45, 2.75) is 39.0 Å². The summed E-state index contributed by atoms with van der Waals surface area (Å²) >= 11 is 0. The van der Waals surface area contributed by atoms with Crippen molar-refractivity contribution in [2.24, 2.45) is 0 Å². The van der Waals surface area contributed by atoms with Crippen LogP contribution in [-0.2, 0) is 11.3 Å². The Morgan fingerprint density at radius 2 is 1.93 bits per heavy atom. The van der Waals surface area contributed by atoms with Crippen LogP contribution in [-0.4, -0.2) is 79.3 Å². The van der Waals surface area contributed by atoms with Crippen LogP contribution in [0.3, 0.4) is 0 Å². The summed E-state index contributed by atoms with van der Waals surface area (Å²) in [5.74, 6) is 0.304. The van der Waals surface area contributed by atoms with Gasteiger partial charge < -0.3 is 25.0 Å². The predicted octanol–water partition coefficient (Wildman–Crippen LogP) is 4.65. The highest BCUT2D eigenvalue weighted by Crippen LogP contribution is 2.26. The second-order valence-electron chi connectivity index (χ2n) is 10.4. The largest absolute Gasteiger partial charge is 0.491 e. The quantitative estimate of drug-likeness (QED) is 0.468. The van der Waals surface area contributed by atoms with Crippen LogP contribution < -0.4 is 15.4 Å². The Morgan fingerprint density at radius 1 is 1.12 bits per heavy atom. The van der Waals surface area contributed by atoms with E-state index in [1.165, 1.54) is 5.56 Å². The first-order valence-electron chi connectivity index (χ1n) is 13.7. The number of anilines is 1. The predicted molar refractivity (Wildman–Crippen MR) is 157 cm³/mol. The van der Waals surface area contributed by atoms with Gasteiger partial charge in [0.2, 0.25) is 0 Å². The van der Waals surface area contributed by atoms with Gasteiger partial charge >= 0.3 is 6.03 Å². The Balaban J connectivity index is 1.50. The third-order valence-corrected chi connectivity index (χ3v) is 6.83. The van der Waals surface area contributed by atoms with Crippen LogP contribution in [0.1, 0.15) is 36.2 Å². The fourth-order valence-electron chi connectivity index (χ4n) is 4.68. The average molecular weight is 546 g/mol. The van der Waals surface area contributed by atoms with Gasteiger partial charge in [0.15, 0.2) is 0 Å². The molecule has 0 saturated heterocycles. The lowest BCUT2D eigenvalue weighted by molar-refractivity contribution is 0.0435. The molecule has 3 amide bonds. The van der Waals surface area contributed by atoms with Gasteiger partial charge in [0.1, 0.15) is 12.4 Å². The SMILES string of the molecule is COC1CCN(Cc2ccc(-c3cccnc3)cc2)CCOc2ccc(NC(=O)NC(C)C)cc2C(=O)N(C)C1. The van der Waals surface area contributed by atoms with Crippen molar-refractivity contribution in [2.75, 3.05) is 45.7 Å². The molecular weight excluding hydrogens is 506 g/mol. The Labute approximate surface area is 236 Å². The molecule has 2 heterocycles. The summed E-state index contributed by atoms with van der Waals surface area (Å²) in [5, 5.41) is 5.60. The van der Waals surface area contributed by atoms with Gasteiger partial charge in [-0.05, 0) is 61.2 Å². The van der Waals surface area contributed by atoms with Crippen molar-refractivity contribution in [3.8, 4) is 16.9 Å². The first kappa shape index (κ1) is 29.0. The van der Waals surface area contributed by atoms with Gasteiger partial charge in [0, 0.05) is 64.5 Å². The number of carbonyl (C=O) groups is 2. The second-order valence-corrected chi connectivity index (χ2v) is 10.4. The minimum Gasteiger partial charge on any atom is -0.491 e. The van der Waals surface area contributed by atoms with Gasteiger partial charge in [-0.2, -0.15) is 0 Å². The number of rotatable bonds is 6. The number of carbonyl (C=O) groups excluding carboxylic acids is 2. The molecule has 0 bridgehead atoms. The lowest BCUT2D eigenvalue weighted by atomic mass is 10.1. The van der Waals surface area contributed by atoms with E-state index in [2.05, 4.69) is 50.8 Å². The van der Waals surface area contributed by atoms with Crippen LogP contribution in [0.25, 0.3) is 11.1 Å². The average Bonchev–Trinajstić information content (AvgIpc) is 2.95. The molecule has 4 rings (SSSR count). The fourth-order valence-corrected chi connectivity index (χ4v) is 4.68. The number of fused-ring (bicyclic) bond motifs is 1. The first-order chi connectivity index (χ1) is 19.3. The monoisotopic (exact) mass is 545 g/mol. The second kappa shape index (κ2) is 13.9. The van der Waals surface area contributed by atoms with Crippen LogP contribution in [0.2, 0.25) is 0 Å². The molecule has 1 unspecified atom stereocenters. The molecule has 0 radical (unpaired) electrons. The van der Waals surface area contributed by atoms with Crippen LogP contribution in [0.15, 0.2) is 67.0 Å². The van der Waals surface area contributed by atoms with Crippen LogP contribution >= 0.6 is 0 Å². The molecule has 1 aromatic heterocycles. The topological polar surface area (TPSA) is 96.0 Å². The van der Waals surface area contributed by atoms with Gasteiger partial charge in [-0.15, -0.1) is 0 Å². The smallest absolute Gasteiger partial charge is 0.319 e. The number of hydrogen-bond acceptors (Lipinski definition) is 6. The minimum absolute atomic E-state index is 0.00610. The van der Waals surface area contributed by atoms with E-state index in [1.54, 1.807) is 43.5 Å². The first-order valence-corrected chi connectivity index (χ1v) is 13.7. The standard InChI is InChI=1S/C31H39N5O4/c1-22(2)33-31(38)34-26-11-12-29-28(18-26)30(37)35(3)21-27(39-4)13-15-36(16-17-40-29)20-23-7-9-24(10-8-23)25-6-5-14-32-19-25/h5-12,14,18-19,22,27H,13,15-17,20-21H2,1-4H3,(H2,33,34,38). The molecular formula is C31H39N5O4. The van der Waals surface area contributed by atoms with Gasteiger partial charge in [-0.1, -0.05) is 30.3 Å². The lowest BCUT2D eigenvalue weighted by Crippen LogP contribution is -2.39. The number of amides is 3. The molecule has 0 spiro atoms. The van der Waals surface area contributed by atoms with E-state index in [0.29, 0.717) is 36.7 Å². The number of benzene rings is 2. The third-order valence-electron chi connectivity index (χ3n) is 6.83. The molecule has 2 aromatic carbocycles.